The van der Waals surface area contributed by atoms with Crippen LogP contribution in [-0.2, 0) is 6.42 Å². The van der Waals surface area contributed by atoms with E-state index in [9.17, 15) is 0 Å². The molecule has 0 aromatic heterocycles. The van der Waals surface area contributed by atoms with Crippen molar-refractivity contribution in [3.05, 3.63) is 48.6 Å². The number of aryl methyl sites for hydroxylation is 1. The number of hydrogen-bond donors (Lipinski definition) is 1. The van der Waals surface area contributed by atoms with E-state index in [1.165, 1.54) is 42.1 Å². The summed E-state index contributed by atoms with van der Waals surface area (Å²) in [6, 6.07) is 6.87. The molecule has 1 aromatic rings. The summed E-state index contributed by atoms with van der Waals surface area (Å²) in [6.45, 7) is 12.2. The number of halogens is 1. The van der Waals surface area contributed by atoms with Crippen LogP contribution in [0.15, 0.2) is 47.9 Å². The van der Waals surface area contributed by atoms with Gasteiger partial charge in [-0.25, -0.2) is 0 Å². The van der Waals surface area contributed by atoms with Crippen LogP contribution >= 0.6 is 11.8 Å². The van der Waals surface area contributed by atoms with Crippen molar-refractivity contribution in [3.63, 3.8) is 0 Å². The first-order chi connectivity index (χ1) is 11.6. The van der Waals surface area contributed by atoms with Crippen LogP contribution < -0.4 is 29.3 Å². The molecule has 0 bridgehead atoms. The summed E-state index contributed by atoms with van der Waals surface area (Å²) in [5.74, 6) is 3.50. The summed E-state index contributed by atoms with van der Waals surface area (Å²) in [7, 11) is 0. The first kappa shape index (κ1) is 22.8. The lowest BCUT2D eigenvalue weighted by Gasteiger charge is -2.27. The first-order valence-electron chi connectivity index (χ1n) is 9.49. The first-order valence-corrected chi connectivity index (χ1v) is 10.5. The monoisotopic (exact) mass is 471 g/mol. The lowest BCUT2D eigenvalue weighted by molar-refractivity contribution is -0.578. The number of rotatable bonds is 9. The fraction of sp³-hybridized carbons (Fsp3) is 0.545. The Morgan fingerprint density at radius 3 is 2.80 bits per heavy atom. The Labute approximate surface area is 176 Å². The number of hydrogen-bond acceptors (Lipinski definition) is 1. The number of para-hydroxylation sites is 1. The predicted octanol–water partition coefficient (Wildman–Crippen LogP) is 2.35. The van der Waals surface area contributed by atoms with Crippen molar-refractivity contribution in [3.8, 4) is 0 Å². The molecule has 1 aliphatic rings. The van der Waals surface area contributed by atoms with Crippen LogP contribution in [0.5, 0.6) is 0 Å². The van der Waals surface area contributed by atoms with Crippen molar-refractivity contribution in [1.29, 1.82) is 0 Å². The summed E-state index contributed by atoms with van der Waals surface area (Å²) in [5.41, 5.74) is 3.08. The van der Waals surface area contributed by atoms with Gasteiger partial charge in [-0.15, -0.1) is 11.8 Å². The second-order valence-corrected chi connectivity index (χ2v) is 8.42. The van der Waals surface area contributed by atoms with E-state index in [1.807, 2.05) is 6.08 Å². The molecular weight excluding hydrogens is 437 g/mol. The van der Waals surface area contributed by atoms with Gasteiger partial charge in [-0.05, 0) is 43.1 Å². The van der Waals surface area contributed by atoms with Gasteiger partial charge in [0.05, 0.1) is 11.4 Å². The molecule has 2 atom stereocenters. The summed E-state index contributed by atoms with van der Waals surface area (Å²) in [6.07, 6.45) is 11.2. The van der Waals surface area contributed by atoms with E-state index in [-0.39, 0.29) is 24.0 Å². The topological polar surface area (TPSA) is 16.6 Å². The Morgan fingerprint density at radius 2 is 2.08 bits per heavy atom. The van der Waals surface area contributed by atoms with Crippen LogP contribution in [0.4, 0.5) is 5.69 Å². The number of fused-ring (bicyclic) bond motifs is 1. The maximum Gasteiger partial charge on any atom is 0.146 e. The van der Waals surface area contributed by atoms with Gasteiger partial charge in [0.15, 0.2) is 0 Å². The highest BCUT2D eigenvalue weighted by Gasteiger charge is 2.23. The third-order valence-electron chi connectivity index (χ3n) is 5.23. The van der Waals surface area contributed by atoms with Crippen LogP contribution in [0, 0.1) is 17.8 Å². The van der Waals surface area contributed by atoms with Crippen molar-refractivity contribution in [2.75, 3.05) is 12.3 Å². The molecular formula is C22H34INS. The Kier molecular flexibility index (Phi) is 11.1. The zero-order valence-corrected chi connectivity index (χ0v) is 19.0. The van der Waals surface area contributed by atoms with Crippen LogP contribution in [0.1, 0.15) is 45.6 Å². The average Bonchev–Trinajstić information content (AvgIpc) is 2.59. The van der Waals surface area contributed by atoms with E-state index in [0.717, 1.165) is 24.2 Å². The van der Waals surface area contributed by atoms with Gasteiger partial charge in [-0.2, -0.15) is 0 Å². The van der Waals surface area contributed by atoms with Crippen molar-refractivity contribution >= 4 is 17.4 Å². The number of nitrogens with two attached hydrogens (primary N) is 1. The Morgan fingerprint density at radius 1 is 1.28 bits per heavy atom. The molecule has 0 fully saturated rings. The molecule has 1 nitrogen and oxygen atoms in total. The fourth-order valence-electron chi connectivity index (χ4n) is 3.67. The number of benzene rings is 1. The second kappa shape index (κ2) is 12.2. The highest BCUT2D eigenvalue weighted by molar-refractivity contribution is 7.99. The third-order valence-corrected chi connectivity index (χ3v) is 6.45. The van der Waals surface area contributed by atoms with Gasteiger partial charge in [-0.3, -0.25) is 0 Å². The van der Waals surface area contributed by atoms with E-state index in [2.05, 4.69) is 74.8 Å². The van der Waals surface area contributed by atoms with Gasteiger partial charge in [0.1, 0.15) is 5.69 Å². The summed E-state index contributed by atoms with van der Waals surface area (Å²) < 4.78 is 0. The average molecular weight is 471 g/mol. The molecule has 0 saturated heterocycles. The normalized spacial score (nSPS) is 16.3. The van der Waals surface area contributed by atoms with Gasteiger partial charge in [0, 0.05) is 17.7 Å². The molecule has 0 aliphatic carbocycles. The van der Waals surface area contributed by atoms with Crippen LogP contribution in [-0.4, -0.2) is 12.3 Å². The van der Waals surface area contributed by atoms with E-state index < -0.39 is 0 Å². The fourth-order valence-corrected chi connectivity index (χ4v) is 5.30. The van der Waals surface area contributed by atoms with Gasteiger partial charge < -0.3 is 29.3 Å². The van der Waals surface area contributed by atoms with Crippen LogP contribution in [0.25, 0.3) is 0 Å². The molecule has 25 heavy (non-hydrogen) atoms. The van der Waals surface area contributed by atoms with E-state index in [4.69, 9.17) is 0 Å². The van der Waals surface area contributed by atoms with Crippen LogP contribution in [0.2, 0.25) is 0 Å². The van der Waals surface area contributed by atoms with Crippen molar-refractivity contribution in [2.24, 2.45) is 17.8 Å². The molecule has 1 heterocycles. The van der Waals surface area contributed by atoms with Gasteiger partial charge >= 0.3 is 0 Å². The zero-order chi connectivity index (χ0) is 17.4. The molecule has 1 aliphatic heterocycles. The predicted molar refractivity (Wildman–Crippen MR) is 108 cm³/mol. The minimum Gasteiger partial charge on any atom is -1.00 e. The Balaban J connectivity index is 0.00000312. The zero-order valence-electron chi connectivity index (χ0n) is 16.0. The van der Waals surface area contributed by atoms with E-state index >= 15 is 0 Å². The molecule has 1 aromatic carbocycles. The summed E-state index contributed by atoms with van der Waals surface area (Å²) >= 11 is 2.08. The molecule has 140 valence electrons. The van der Waals surface area contributed by atoms with Crippen molar-refractivity contribution in [1.82, 2.24) is 0 Å². The van der Waals surface area contributed by atoms with Gasteiger partial charge in [0.2, 0.25) is 0 Å². The maximum atomic E-state index is 3.75. The molecule has 3 heteroatoms. The molecule has 2 N–H and O–H groups in total. The van der Waals surface area contributed by atoms with Crippen molar-refractivity contribution < 1.29 is 29.3 Å². The highest BCUT2D eigenvalue weighted by atomic mass is 127. The summed E-state index contributed by atoms with van der Waals surface area (Å²) in [4.78, 5) is 1.50. The number of thioether (sulfide) groups is 1. The van der Waals surface area contributed by atoms with Crippen molar-refractivity contribution in [2.45, 2.75) is 51.3 Å². The largest absolute Gasteiger partial charge is 1.00 e. The van der Waals surface area contributed by atoms with Gasteiger partial charge in [-0.1, -0.05) is 57.7 Å². The maximum absolute atomic E-state index is 3.75. The summed E-state index contributed by atoms with van der Waals surface area (Å²) in [5, 5.41) is 2.45. The SMILES string of the molecule is C=CC=CCCC(C)C(CSc1cccc2c1[NH2+]CCC2)C(C)C.[I-]. The molecule has 2 unspecified atom stereocenters. The second-order valence-electron chi connectivity index (χ2n) is 7.36. The van der Waals surface area contributed by atoms with E-state index in [0.29, 0.717) is 0 Å². The minimum absolute atomic E-state index is 0. The smallest absolute Gasteiger partial charge is 0.146 e. The lowest BCUT2D eigenvalue weighted by Crippen LogP contribution is -3.00. The van der Waals surface area contributed by atoms with Gasteiger partial charge in [0.25, 0.3) is 0 Å². The quantitative estimate of drug-likeness (QED) is 0.253. The Hall–Kier alpha value is -0.260. The molecule has 0 amide bonds. The molecule has 0 saturated carbocycles. The highest BCUT2D eigenvalue weighted by Crippen LogP contribution is 2.35. The minimum atomic E-state index is 0. The van der Waals surface area contributed by atoms with Crippen LogP contribution in [0.3, 0.4) is 0 Å². The molecule has 0 spiro atoms. The third kappa shape index (κ3) is 7.10. The van der Waals surface area contributed by atoms with E-state index in [1.54, 1.807) is 5.56 Å². The molecule has 2 rings (SSSR count). The molecule has 0 radical (unpaired) electrons. The lowest BCUT2D eigenvalue weighted by atomic mass is 9.83. The number of allylic oxidation sites excluding steroid dienone is 3. The Bertz CT molecular complexity index is 553. The standard InChI is InChI=1S/C22H33NS.HI/c1-5-6-7-8-11-18(4)20(17(2)3)16-24-21-14-9-12-19-13-10-15-23-22(19)21;/h5-7,9,12,14,17-18,20,23H,1,8,10-11,13,15-16H2,2-4H3;1H. The number of quaternary nitrogens is 1.